The van der Waals surface area contributed by atoms with Crippen LogP contribution in [0.2, 0.25) is 0 Å². The van der Waals surface area contributed by atoms with E-state index < -0.39 is 16.2 Å². The summed E-state index contributed by atoms with van der Waals surface area (Å²) >= 11 is 0. The topological polar surface area (TPSA) is 85.7 Å². The van der Waals surface area contributed by atoms with Gasteiger partial charge in [0.2, 0.25) is 0 Å². The van der Waals surface area contributed by atoms with Crippen LogP contribution in [0.4, 0.5) is 0 Å². The number of aldehydes is 2. The van der Waals surface area contributed by atoms with E-state index in [0.29, 0.717) is 58.4 Å². The second-order valence-electron chi connectivity index (χ2n) is 16.0. The normalized spacial score (nSPS) is 13.2. The first-order chi connectivity index (χ1) is 29.8. The number of carbonyl (C=O) groups is 2. The Morgan fingerprint density at radius 3 is 0.774 bits per heavy atom. The number of nitrogens with zero attached hydrogens (tertiary/aromatic N) is 4. The number of carbonyl (C=O) groups excluding carboxylic acids is 2. The summed E-state index contributed by atoms with van der Waals surface area (Å²) in [6, 6.07) is 60.0. The molecule has 8 aromatic rings. The first-order valence-electron chi connectivity index (χ1n) is 20.9. The summed E-state index contributed by atoms with van der Waals surface area (Å²) < 4.78 is 0. The van der Waals surface area contributed by atoms with E-state index in [9.17, 15) is 9.59 Å². The number of hydrogen-bond acceptors (Lipinski definition) is 6. The Hall–Kier alpha value is -6.53. The molecular formula is C55H48IrN4O2+3. The quantitative estimate of drug-likeness (QED) is 0.101. The molecule has 6 nitrogen and oxygen atoms in total. The predicted octanol–water partition coefficient (Wildman–Crippen LogP) is 12.8. The van der Waals surface area contributed by atoms with Gasteiger partial charge in [-0.3, -0.25) is 0 Å². The van der Waals surface area contributed by atoms with E-state index in [4.69, 9.17) is 19.9 Å². The van der Waals surface area contributed by atoms with Crippen molar-refractivity contribution in [2.45, 2.75) is 46.0 Å². The Labute approximate surface area is 378 Å². The van der Waals surface area contributed by atoms with Gasteiger partial charge in [0, 0.05) is 44.2 Å². The fourth-order valence-electron chi connectivity index (χ4n) is 8.90. The monoisotopic (exact) mass is 989 g/mol. The molecule has 2 aromatic heterocycles. The van der Waals surface area contributed by atoms with E-state index in [2.05, 4.69) is 0 Å². The maximum Gasteiger partial charge on any atom is 3.00 e. The average Bonchev–Trinajstić information content (AvgIpc) is 3.35. The molecule has 0 spiro atoms. The number of aromatic nitrogens is 4. The third-order valence-electron chi connectivity index (χ3n) is 12.5. The molecule has 0 aliphatic rings. The Kier molecular flexibility index (Phi) is 13.1. The Morgan fingerprint density at radius 1 is 0.355 bits per heavy atom. The second kappa shape index (κ2) is 18.6. The minimum atomic E-state index is -1.58. The van der Waals surface area contributed by atoms with Crippen LogP contribution in [0.25, 0.3) is 67.5 Å². The zero-order chi connectivity index (χ0) is 42.5. The third-order valence-corrected chi connectivity index (χ3v) is 12.5. The van der Waals surface area contributed by atoms with Gasteiger partial charge in [-0.05, 0) is 12.8 Å². The molecule has 0 saturated carbocycles. The van der Waals surface area contributed by atoms with E-state index in [1.807, 2.05) is 210 Å². The molecule has 0 fully saturated rings. The van der Waals surface area contributed by atoms with Crippen molar-refractivity contribution in [2.75, 3.05) is 0 Å². The third kappa shape index (κ3) is 7.57. The van der Waals surface area contributed by atoms with Gasteiger partial charge in [0.15, 0.2) is 0 Å². The van der Waals surface area contributed by atoms with Gasteiger partial charge in [0.05, 0.1) is 51.0 Å². The largest absolute Gasteiger partial charge is 3.00 e. The molecule has 0 bridgehead atoms. The van der Waals surface area contributed by atoms with Gasteiger partial charge in [-0.25, -0.2) is 19.9 Å². The van der Waals surface area contributed by atoms with Crippen molar-refractivity contribution in [1.82, 2.24) is 19.9 Å². The summed E-state index contributed by atoms with van der Waals surface area (Å²) in [7, 11) is 0. The molecule has 0 saturated heterocycles. The van der Waals surface area contributed by atoms with Crippen molar-refractivity contribution in [1.29, 1.82) is 0 Å². The standard InChI is InChI=1S/C55H48N4O2.Ir/c1-5-53(3,37-60)55(54(4,6-2)38-61,51-49(43-33-21-11-22-34-43)56-45(39-25-13-7-14-26-39)47(58-51)41-29-17-9-18-30-41)52-50(44-35-23-12-24-36-44)57-46(40-27-15-8-16-28-40)48(59-52)42-31-19-10-20-32-42;/h7-38H,5-6H2,1-4H3;/q;+3. The minimum absolute atomic E-state index is 0. The van der Waals surface area contributed by atoms with Crippen LogP contribution in [0.5, 0.6) is 0 Å². The van der Waals surface area contributed by atoms with Crippen LogP contribution < -0.4 is 0 Å². The van der Waals surface area contributed by atoms with Gasteiger partial charge in [-0.1, -0.05) is 210 Å². The first kappa shape index (κ1) is 43.6. The van der Waals surface area contributed by atoms with Crippen molar-refractivity contribution >= 4 is 12.6 Å². The van der Waals surface area contributed by atoms with Crippen molar-refractivity contribution in [2.24, 2.45) is 10.8 Å². The van der Waals surface area contributed by atoms with Crippen LogP contribution in [0.1, 0.15) is 51.9 Å². The smallest absolute Gasteiger partial charge is 0.303 e. The Morgan fingerprint density at radius 2 is 0.565 bits per heavy atom. The van der Waals surface area contributed by atoms with Crippen molar-refractivity contribution < 1.29 is 29.7 Å². The van der Waals surface area contributed by atoms with Crippen LogP contribution >= 0.6 is 0 Å². The first-order valence-corrected chi connectivity index (χ1v) is 20.9. The van der Waals surface area contributed by atoms with Gasteiger partial charge in [-0.15, -0.1) is 0 Å². The van der Waals surface area contributed by atoms with Crippen LogP contribution in [0.3, 0.4) is 0 Å². The van der Waals surface area contributed by atoms with Crippen LogP contribution in [-0.2, 0) is 35.1 Å². The predicted molar refractivity (Wildman–Crippen MR) is 246 cm³/mol. The van der Waals surface area contributed by atoms with Crippen LogP contribution in [0.15, 0.2) is 182 Å². The van der Waals surface area contributed by atoms with E-state index in [1.54, 1.807) is 0 Å². The average molecular weight is 989 g/mol. The molecule has 0 aliphatic carbocycles. The summed E-state index contributed by atoms with van der Waals surface area (Å²) in [5, 5.41) is 0. The summed E-state index contributed by atoms with van der Waals surface area (Å²) in [6.45, 7) is 7.90. The van der Waals surface area contributed by atoms with Crippen molar-refractivity contribution in [3.8, 4) is 67.5 Å². The molecule has 306 valence electrons. The Balaban J connectivity index is 0.00000578. The fraction of sp³-hybridized carbons (Fsp3) is 0.164. The molecule has 0 radical (unpaired) electrons. The SMILES string of the molecule is CCC(C)(C=O)C(c1nc(-c2ccccc2)c(-c2ccccc2)nc1-c1ccccc1)(c1nc(-c2ccccc2)c(-c2ccccc2)nc1-c1ccccc1)C(C)(C=O)CC.[Ir+3]. The molecule has 8 rings (SSSR count). The second-order valence-corrected chi connectivity index (χ2v) is 16.0. The van der Waals surface area contributed by atoms with E-state index in [0.717, 1.165) is 46.0 Å². The molecule has 6 aromatic carbocycles. The zero-order valence-corrected chi connectivity index (χ0v) is 37.7. The van der Waals surface area contributed by atoms with Crippen molar-refractivity contribution in [3.63, 3.8) is 0 Å². The molecule has 2 atom stereocenters. The molecule has 7 heteroatoms. The van der Waals surface area contributed by atoms with E-state index in [-0.39, 0.29) is 20.1 Å². The summed E-state index contributed by atoms with van der Waals surface area (Å²) in [6.07, 6.45) is 2.71. The summed E-state index contributed by atoms with van der Waals surface area (Å²) in [4.78, 5) is 52.0. The number of benzene rings is 6. The van der Waals surface area contributed by atoms with Gasteiger partial charge in [0.1, 0.15) is 12.6 Å². The molecule has 0 N–H and O–H groups in total. The van der Waals surface area contributed by atoms with E-state index in [1.165, 1.54) is 0 Å². The zero-order valence-electron chi connectivity index (χ0n) is 35.3. The number of rotatable bonds is 14. The maximum absolute atomic E-state index is 14.5. The molecule has 0 aliphatic heterocycles. The van der Waals surface area contributed by atoms with Crippen LogP contribution in [-0.4, -0.2) is 32.5 Å². The minimum Gasteiger partial charge on any atom is -0.303 e. The van der Waals surface area contributed by atoms with Crippen molar-refractivity contribution in [3.05, 3.63) is 193 Å². The molecule has 2 unspecified atom stereocenters. The summed E-state index contributed by atoms with van der Waals surface area (Å²) in [5.74, 6) is 0. The molecule has 62 heavy (non-hydrogen) atoms. The Bertz CT molecular complexity index is 2580. The van der Waals surface area contributed by atoms with E-state index >= 15 is 0 Å². The van der Waals surface area contributed by atoms with Gasteiger partial charge >= 0.3 is 20.1 Å². The van der Waals surface area contributed by atoms with Gasteiger partial charge < -0.3 is 9.59 Å². The summed E-state index contributed by atoms with van der Waals surface area (Å²) in [5.41, 5.74) is 5.49. The van der Waals surface area contributed by atoms with Crippen LogP contribution in [0, 0.1) is 10.8 Å². The molecular weight excluding hydrogens is 941 g/mol. The van der Waals surface area contributed by atoms with Gasteiger partial charge in [-0.2, -0.15) is 0 Å². The maximum atomic E-state index is 14.5. The number of hydrogen-bond donors (Lipinski definition) is 0. The molecule has 2 heterocycles. The van der Waals surface area contributed by atoms with Gasteiger partial charge in [0.25, 0.3) is 0 Å². The molecule has 0 amide bonds. The fourth-order valence-corrected chi connectivity index (χ4v) is 8.90.